The summed E-state index contributed by atoms with van der Waals surface area (Å²) in [5, 5.41) is 19.8. The second-order valence-electron chi connectivity index (χ2n) is 30.1. The smallest absolute Gasteiger partial charge is 0.229 e. The third-order valence-electron chi connectivity index (χ3n) is 21.3. The fraction of sp³-hybridized carbons (Fsp3) is 0.158. The Bertz CT molecular complexity index is 7260. The molecule has 26 nitrogen and oxygen atoms in total. The van der Waals surface area contributed by atoms with Crippen LogP contribution in [0.2, 0.25) is 0 Å². The van der Waals surface area contributed by atoms with Gasteiger partial charge in [-0.3, -0.25) is 33.6 Å². The van der Waals surface area contributed by atoms with Crippen molar-refractivity contribution in [3.05, 3.63) is 294 Å². The predicted octanol–water partition coefficient (Wildman–Crippen LogP) is 19.7. The summed E-state index contributed by atoms with van der Waals surface area (Å²) in [7, 11) is 0. The van der Waals surface area contributed by atoms with E-state index < -0.39 is 0 Å². The van der Waals surface area contributed by atoms with E-state index in [2.05, 4.69) is 183 Å². The predicted molar refractivity (Wildman–Crippen MR) is 507 cm³/mol. The first-order valence-corrected chi connectivity index (χ1v) is 45.3. The first-order chi connectivity index (χ1) is 61.9. The Labute approximate surface area is 743 Å². The molecule has 1 fully saturated rings. The number of aromatic amines is 3. The molecule has 0 bridgehead atoms. The quantitative estimate of drug-likeness (QED) is 0.0346. The minimum Gasteiger partial charge on any atom is -0.344 e. The van der Waals surface area contributed by atoms with Crippen molar-refractivity contribution in [2.24, 2.45) is 27.4 Å². The van der Waals surface area contributed by atoms with Gasteiger partial charge in [0.25, 0.3) is 0 Å². The summed E-state index contributed by atoms with van der Waals surface area (Å²) in [5.74, 6) is 3.28. The SMILES string of the molecule is Cc1nc(NC(=O)C2CC2)sc1-c1nc(-c2ccccc2)c(-c2ncn[nH]2)s1.Cc1nc2ccc(CCCN)cn2c1-c1nc(-c2ccccc2)c(-c2ncc[nH]2)s1.Cc1nc2ccc(CN(CCN)Cc3ccccc3)cn2c1-c1nc(-c2ccccc2)c(-c2ncc[nH]2)s1.Cc1nn2ccccc2c1-c1nc(-c2cccc3ncccc23)c(C2=NCC=N2)s1. The molecule has 15 aromatic heterocycles. The standard InChI is InChI=1S/C30H29N7S.C23H16N6S.C23H22N6S.C19H16N6OS2/c1-21-27(30-35-26(24-10-6-3-7-11-24)28(38-30)29-32-15-16-33-29)37-20-23(12-13-25(37)34-21)19-36(17-14-31)18-22-8-4-2-5-9-22;1-14-19(18-9-2-3-13-29(18)28-14)23-27-20(21(30-23)22-25-11-12-26-22)16-6-4-8-17-15(16)7-5-10-24-17;1-15-20(29-14-16(6-5-11-24)9-10-18(29)27-15)23-28-19(17-7-3-2-4-8-17)21(30-23)22-25-12-13-26-22;1-10-14(28-19(22-10)24-17(26)12-7-8-12)18-23-13(11-5-3-2-4-6-11)15(27-18)16-20-9-21-25-16/h2-13,15-16,20H,14,17-19,31H2,1H3,(H,32,33);2-11,13H,12H2,1H3;2-4,7-10,12-14H,5-6,11,24H2,1H3,(H,25,26);2-6,9,12H,7-8H2,1H3,(H,20,21,25)(H,22,24,26). The van der Waals surface area contributed by atoms with Crippen molar-refractivity contribution in [1.82, 2.24) is 98.3 Å². The highest BCUT2D eigenvalue weighted by Gasteiger charge is 2.32. The normalized spacial score (nSPS) is 12.4. The van der Waals surface area contributed by atoms with Crippen LogP contribution in [0.1, 0.15) is 63.6 Å². The molecule has 624 valence electrons. The molecule has 0 spiro atoms. The van der Waals surface area contributed by atoms with E-state index in [4.69, 9.17) is 41.4 Å². The van der Waals surface area contributed by atoms with Crippen molar-refractivity contribution < 1.29 is 4.79 Å². The summed E-state index contributed by atoms with van der Waals surface area (Å²) in [4.78, 5) is 87.1. The van der Waals surface area contributed by atoms with Crippen molar-refractivity contribution in [2.75, 3.05) is 31.5 Å². The summed E-state index contributed by atoms with van der Waals surface area (Å²) in [6, 6.07) is 65.7. The molecule has 8 N–H and O–H groups in total. The zero-order chi connectivity index (χ0) is 85.6. The van der Waals surface area contributed by atoms with E-state index in [1.54, 1.807) is 57.7 Å². The van der Waals surface area contributed by atoms with Crippen LogP contribution in [0.5, 0.6) is 0 Å². The minimum absolute atomic E-state index is 0.0618. The number of amidine groups is 1. The summed E-state index contributed by atoms with van der Waals surface area (Å²) in [6.45, 7) is 12.4. The van der Waals surface area contributed by atoms with Gasteiger partial charge in [-0.25, -0.2) is 59.3 Å². The second-order valence-corrected chi connectivity index (χ2v) is 35.1. The number of imidazole rings is 4. The number of H-pyrrole nitrogens is 3. The molecule has 1 amide bonds. The van der Waals surface area contributed by atoms with Gasteiger partial charge in [-0.15, -0.1) is 45.3 Å². The number of benzene rings is 5. The molecule has 2 aliphatic rings. The Morgan fingerprint density at radius 3 is 1.69 bits per heavy atom. The van der Waals surface area contributed by atoms with E-state index >= 15 is 0 Å². The Hall–Kier alpha value is -14.0. The summed E-state index contributed by atoms with van der Waals surface area (Å²) >= 11 is 7.89. The number of carbonyl (C=O) groups excluding carboxylic acids is 1. The largest absolute Gasteiger partial charge is 0.344 e. The number of carbonyl (C=O) groups is 1. The van der Waals surface area contributed by atoms with Gasteiger partial charge in [-0.2, -0.15) is 10.2 Å². The van der Waals surface area contributed by atoms with Crippen molar-refractivity contribution in [2.45, 2.75) is 66.5 Å². The lowest BCUT2D eigenvalue weighted by Gasteiger charge is -2.22. The number of fused-ring (bicyclic) bond motifs is 4. The molecule has 1 aliphatic heterocycles. The number of aryl methyl sites for hydroxylation is 5. The Morgan fingerprint density at radius 2 is 1.10 bits per heavy atom. The van der Waals surface area contributed by atoms with E-state index in [1.165, 1.54) is 34.4 Å². The first kappa shape index (κ1) is 81.6. The summed E-state index contributed by atoms with van der Waals surface area (Å²) in [5.41, 5.74) is 33.8. The third kappa shape index (κ3) is 17.4. The topological polar surface area (TPSA) is 337 Å². The molecule has 0 atom stereocenters. The van der Waals surface area contributed by atoms with Crippen LogP contribution in [0.4, 0.5) is 5.13 Å². The van der Waals surface area contributed by atoms with Crippen LogP contribution >= 0.6 is 56.7 Å². The van der Waals surface area contributed by atoms with Crippen molar-refractivity contribution in [3.63, 3.8) is 0 Å². The average Bonchev–Trinajstić information content (AvgIpc) is 1.61. The number of anilines is 1. The lowest BCUT2D eigenvalue weighted by Crippen LogP contribution is -2.28. The highest BCUT2D eigenvalue weighted by Crippen LogP contribution is 2.47. The van der Waals surface area contributed by atoms with Gasteiger partial charge in [0.2, 0.25) is 5.91 Å². The molecule has 126 heavy (non-hydrogen) atoms. The lowest BCUT2D eigenvalue weighted by molar-refractivity contribution is -0.117. The van der Waals surface area contributed by atoms with Gasteiger partial charge in [0, 0.05) is 116 Å². The van der Waals surface area contributed by atoms with Crippen LogP contribution in [0.3, 0.4) is 0 Å². The lowest BCUT2D eigenvalue weighted by atomic mass is 10.0. The number of thiazole rings is 5. The van der Waals surface area contributed by atoms with Crippen LogP contribution in [0.15, 0.2) is 260 Å². The molecular weight excluding hydrogens is 1670 g/mol. The average molecular weight is 1750 g/mol. The van der Waals surface area contributed by atoms with Crippen LogP contribution in [0.25, 0.3) is 147 Å². The minimum atomic E-state index is 0.0618. The van der Waals surface area contributed by atoms with E-state index in [0.29, 0.717) is 30.6 Å². The van der Waals surface area contributed by atoms with E-state index in [9.17, 15) is 4.79 Å². The number of hydrogen-bond acceptors (Lipinski definition) is 24. The fourth-order valence-corrected chi connectivity index (χ4v) is 20.8. The number of nitrogens with two attached hydrogens (primary N) is 2. The zero-order valence-electron chi connectivity index (χ0n) is 69.0. The van der Waals surface area contributed by atoms with Crippen LogP contribution in [0, 0.1) is 33.6 Å². The van der Waals surface area contributed by atoms with Crippen molar-refractivity contribution in [3.8, 4) is 119 Å². The number of hydrogen-bond donors (Lipinski definition) is 6. The zero-order valence-corrected chi connectivity index (χ0v) is 73.1. The number of amides is 1. The van der Waals surface area contributed by atoms with Gasteiger partial charge in [-0.1, -0.05) is 169 Å². The maximum absolute atomic E-state index is 12.1. The molecule has 1 saturated carbocycles. The molecular formula is C95H83N25OS5. The number of pyridine rings is 4. The first-order valence-electron chi connectivity index (χ1n) is 41.2. The van der Waals surface area contributed by atoms with Gasteiger partial charge in [0.15, 0.2) is 16.8 Å². The molecule has 0 unspecified atom stereocenters. The van der Waals surface area contributed by atoms with E-state index in [0.717, 1.165) is 220 Å². The molecule has 20 aromatic rings. The van der Waals surface area contributed by atoms with E-state index in [-0.39, 0.29) is 11.8 Å². The molecule has 1 aliphatic carbocycles. The molecule has 5 aromatic carbocycles. The number of nitrogens with zero attached hydrogens (tertiary/aromatic N) is 19. The van der Waals surface area contributed by atoms with Gasteiger partial charge in [0.05, 0.1) is 93.1 Å². The maximum atomic E-state index is 12.1. The monoisotopic (exact) mass is 1750 g/mol. The molecule has 0 saturated heterocycles. The highest BCUT2D eigenvalue weighted by molar-refractivity contribution is 7.25. The van der Waals surface area contributed by atoms with Gasteiger partial charge >= 0.3 is 0 Å². The molecule has 16 heterocycles. The number of nitrogens with one attached hydrogen (secondary N) is 4. The summed E-state index contributed by atoms with van der Waals surface area (Å²) in [6.07, 6.45) is 22.5. The van der Waals surface area contributed by atoms with Gasteiger partial charge in [-0.05, 0) is 113 Å². The Morgan fingerprint density at radius 1 is 0.508 bits per heavy atom. The Kier molecular flexibility index (Phi) is 23.8. The molecule has 31 heteroatoms. The third-order valence-corrected chi connectivity index (χ3v) is 26.8. The van der Waals surface area contributed by atoms with Gasteiger partial charge in [0.1, 0.15) is 60.7 Å². The van der Waals surface area contributed by atoms with E-state index in [1.807, 2.05) is 166 Å². The number of rotatable bonds is 23. The summed E-state index contributed by atoms with van der Waals surface area (Å²) < 4.78 is 6.23. The Balaban J connectivity index is 0.000000110. The molecule has 0 radical (unpaired) electrons. The highest BCUT2D eigenvalue weighted by atomic mass is 32.1. The van der Waals surface area contributed by atoms with Crippen LogP contribution in [-0.4, -0.2) is 142 Å². The number of aromatic nitrogens is 19. The number of aliphatic imine (C=N–C) groups is 2. The van der Waals surface area contributed by atoms with Crippen molar-refractivity contribution >= 4 is 107 Å². The fourth-order valence-electron chi connectivity index (χ4n) is 15.3. The van der Waals surface area contributed by atoms with Gasteiger partial charge < -0.3 is 26.8 Å². The van der Waals surface area contributed by atoms with Crippen LogP contribution in [-0.2, 0) is 24.3 Å². The van der Waals surface area contributed by atoms with Crippen LogP contribution < -0.4 is 16.8 Å². The van der Waals surface area contributed by atoms with Crippen molar-refractivity contribution in [1.29, 1.82) is 0 Å². The maximum Gasteiger partial charge on any atom is 0.229 e. The molecule has 22 rings (SSSR count). The second kappa shape index (κ2) is 36.8.